The Hall–Kier alpha value is -3.13. The Morgan fingerprint density at radius 2 is 2.00 bits per heavy atom. The first-order chi connectivity index (χ1) is 13.0. The number of fused-ring (bicyclic) bond motifs is 1. The number of anilines is 2. The van der Waals surface area contributed by atoms with E-state index in [1.165, 1.54) is 0 Å². The van der Waals surface area contributed by atoms with Crippen LogP contribution >= 0.6 is 11.6 Å². The normalized spacial score (nSPS) is 11.8. The lowest BCUT2D eigenvalue weighted by atomic mass is 10.3. The number of ether oxygens (including phenoxy) is 2. The van der Waals surface area contributed by atoms with E-state index in [0.717, 1.165) is 0 Å². The molecule has 0 aliphatic carbocycles. The Bertz CT molecular complexity index is 965. The monoisotopic (exact) mass is 388 g/mol. The fourth-order valence-electron chi connectivity index (χ4n) is 2.31. The molecule has 9 heteroatoms. The number of carbonyl (C=O) groups excluding carboxylic acids is 1. The summed E-state index contributed by atoms with van der Waals surface area (Å²) in [7, 11) is 0. The van der Waals surface area contributed by atoms with Crippen molar-refractivity contribution in [2.45, 2.75) is 20.0 Å². The topological polar surface area (TPSA) is 100 Å². The van der Waals surface area contributed by atoms with Crippen molar-refractivity contribution in [1.82, 2.24) is 10.1 Å². The first-order valence-electron chi connectivity index (χ1n) is 8.24. The number of hydrogen-bond donors (Lipinski definition) is 1. The lowest BCUT2D eigenvalue weighted by Crippen LogP contribution is -2.35. The number of nitrogens with one attached hydrogen (secondary N) is 1. The molecule has 27 heavy (non-hydrogen) atoms. The largest absolute Gasteiger partial charge is 0.722 e. The fraction of sp³-hybridized carbons (Fsp3) is 0.222. The van der Waals surface area contributed by atoms with Gasteiger partial charge in [-0.1, -0.05) is 16.6 Å². The van der Waals surface area contributed by atoms with Gasteiger partial charge in [-0.25, -0.2) is 10.1 Å². The second-order valence-electron chi connectivity index (χ2n) is 5.60. The maximum atomic E-state index is 12.1. The molecule has 3 rings (SSSR count). The van der Waals surface area contributed by atoms with Crippen LogP contribution in [0.5, 0.6) is 5.75 Å². The average Bonchev–Trinajstić information content (AvgIpc) is 2.64. The Morgan fingerprint density at radius 3 is 2.70 bits per heavy atom. The molecule has 1 heterocycles. The average molecular weight is 389 g/mol. The summed E-state index contributed by atoms with van der Waals surface area (Å²) in [6, 6.07) is 11.7. The highest BCUT2D eigenvalue weighted by molar-refractivity contribution is 6.31. The molecule has 1 unspecified atom stereocenters. The summed E-state index contributed by atoms with van der Waals surface area (Å²) >= 11 is 5.89. The highest BCUT2D eigenvalue weighted by atomic mass is 35.5. The van der Waals surface area contributed by atoms with Crippen LogP contribution in [0.1, 0.15) is 13.8 Å². The molecule has 0 saturated heterocycles. The van der Waals surface area contributed by atoms with E-state index in [0.29, 0.717) is 38.9 Å². The van der Waals surface area contributed by atoms with Crippen LogP contribution < -0.4 is 14.9 Å². The van der Waals surface area contributed by atoms with E-state index in [4.69, 9.17) is 21.1 Å². The smallest absolute Gasteiger partial charge is 0.417 e. The summed E-state index contributed by atoms with van der Waals surface area (Å²) in [6.07, 6.45) is -0.717. The minimum atomic E-state index is -0.717. The molecule has 0 saturated carbocycles. The highest BCUT2D eigenvalue weighted by Crippen LogP contribution is 2.20. The number of esters is 1. The van der Waals surface area contributed by atoms with Crippen molar-refractivity contribution in [2.24, 2.45) is 0 Å². The first-order valence-corrected chi connectivity index (χ1v) is 8.61. The van der Waals surface area contributed by atoms with Crippen molar-refractivity contribution in [3.8, 4) is 5.75 Å². The standard InChI is InChI=1S/C18H17ClN4O4/c1-3-26-17(24)11(2)27-14-7-5-13(6-8-14)20-18-21-15-9-4-12(19)10-16(15)22-23(18)25/h4-11H,3H2,1-2H3,(H,20,21). The van der Waals surface area contributed by atoms with Gasteiger partial charge in [0.05, 0.1) is 12.3 Å². The van der Waals surface area contributed by atoms with Gasteiger partial charge >= 0.3 is 11.9 Å². The van der Waals surface area contributed by atoms with Crippen LogP contribution in [0.2, 0.25) is 5.02 Å². The van der Waals surface area contributed by atoms with Gasteiger partial charge < -0.3 is 14.7 Å². The Morgan fingerprint density at radius 1 is 1.26 bits per heavy atom. The minimum absolute atomic E-state index is 0.0263. The summed E-state index contributed by atoms with van der Waals surface area (Å²) in [6.45, 7) is 3.64. The van der Waals surface area contributed by atoms with Crippen molar-refractivity contribution in [2.75, 3.05) is 11.9 Å². The molecule has 1 N–H and O–H groups in total. The van der Waals surface area contributed by atoms with Crippen molar-refractivity contribution in [3.05, 3.63) is 52.7 Å². The molecule has 0 radical (unpaired) electrons. The second-order valence-corrected chi connectivity index (χ2v) is 6.04. The van der Waals surface area contributed by atoms with Crippen LogP contribution in [0.15, 0.2) is 42.5 Å². The zero-order valence-electron chi connectivity index (χ0n) is 14.7. The second kappa shape index (κ2) is 8.05. The van der Waals surface area contributed by atoms with E-state index in [1.807, 2.05) is 0 Å². The number of halogens is 1. The number of hydrogen-bond acceptors (Lipinski definition) is 7. The molecule has 0 aliphatic heterocycles. The predicted octanol–water partition coefficient (Wildman–Crippen LogP) is 2.99. The Kier molecular flexibility index (Phi) is 5.56. The Labute approximate surface area is 160 Å². The van der Waals surface area contributed by atoms with E-state index >= 15 is 0 Å². The van der Waals surface area contributed by atoms with Crippen LogP contribution in [0.3, 0.4) is 0 Å². The van der Waals surface area contributed by atoms with Crippen LogP contribution in [0, 0.1) is 5.21 Å². The molecule has 3 aromatic rings. The van der Waals surface area contributed by atoms with Gasteiger partial charge in [0.1, 0.15) is 11.3 Å². The van der Waals surface area contributed by atoms with E-state index in [-0.39, 0.29) is 5.95 Å². The highest BCUT2D eigenvalue weighted by Gasteiger charge is 2.16. The molecule has 0 aliphatic rings. The molecule has 0 amide bonds. The zero-order chi connectivity index (χ0) is 19.4. The zero-order valence-corrected chi connectivity index (χ0v) is 15.4. The number of carbonyl (C=O) groups is 1. The summed E-state index contributed by atoms with van der Waals surface area (Å²) in [5, 5.41) is 19.3. The van der Waals surface area contributed by atoms with Crippen molar-refractivity contribution >= 4 is 40.2 Å². The van der Waals surface area contributed by atoms with Crippen LogP contribution in [-0.4, -0.2) is 28.8 Å². The van der Waals surface area contributed by atoms with Crippen molar-refractivity contribution in [1.29, 1.82) is 0 Å². The molecule has 0 spiro atoms. The molecule has 0 bridgehead atoms. The predicted molar refractivity (Wildman–Crippen MR) is 100.0 cm³/mol. The molecule has 2 aromatic carbocycles. The van der Waals surface area contributed by atoms with Gasteiger partial charge in [-0.3, -0.25) is 0 Å². The van der Waals surface area contributed by atoms with Gasteiger partial charge in [0.2, 0.25) is 0 Å². The van der Waals surface area contributed by atoms with Gasteiger partial charge in [-0.05, 0) is 56.3 Å². The molecular formula is C18H17ClN4O4. The van der Waals surface area contributed by atoms with E-state index in [9.17, 15) is 10.0 Å². The number of nitrogens with zero attached hydrogens (tertiary/aromatic N) is 3. The lowest BCUT2D eigenvalue weighted by molar-refractivity contribution is -0.654. The van der Waals surface area contributed by atoms with Crippen molar-refractivity contribution in [3.63, 3.8) is 0 Å². The molecule has 1 aromatic heterocycles. The minimum Gasteiger partial charge on any atom is -0.722 e. The van der Waals surface area contributed by atoms with E-state index in [2.05, 4.69) is 15.4 Å². The lowest BCUT2D eigenvalue weighted by Gasteiger charge is -2.13. The van der Waals surface area contributed by atoms with E-state index < -0.39 is 12.1 Å². The van der Waals surface area contributed by atoms with Gasteiger partial charge in [-0.15, -0.1) is 9.94 Å². The number of benzene rings is 2. The van der Waals surface area contributed by atoms with Crippen molar-refractivity contribution < 1.29 is 19.1 Å². The fourth-order valence-corrected chi connectivity index (χ4v) is 2.47. The molecule has 140 valence electrons. The molecule has 0 fully saturated rings. The maximum Gasteiger partial charge on any atom is 0.417 e. The third kappa shape index (κ3) is 4.53. The first kappa shape index (κ1) is 18.7. The summed E-state index contributed by atoms with van der Waals surface area (Å²) in [4.78, 5) is 16.2. The van der Waals surface area contributed by atoms with Gasteiger partial charge in [0.15, 0.2) is 11.6 Å². The number of aromatic nitrogens is 3. The SMILES string of the molecule is CCOC(=O)C(C)Oc1ccc(Nc2nc3ccc(Cl)cc3n[n+]2[O-])cc1. The summed E-state index contributed by atoms with van der Waals surface area (Å²) < 4.78 is 10.4. The van der Waals surface area contributed by atoms with E-state index in [1.54, 1.807) is 56.3 Å². The van der Waals surface area contributed by atoms with Crippen LogP contribution in [-0.2, 0) is 9.53 Å². The van der Waals surface area contributed by atoms with Gasteiger partial charge in [0, 0.05) is 5.02 Å². The molecular weight excluding hydrogens is 372 g/mol. The van der Waals surface area contributed by atoms with Gasteiger partial charge in [0.25, 0.3) is 0 Å². The third-order valence-corrected chi connectivity index (χ3v) is 3.82. The van der Waals surface area contributed by atoms with Crippen LogP contribution in [0.4, 0.5) is 11.6 Å². The quantitative estimate of drug-likeness (QED) is 0.393. The number of rotatable bonds is 6. The Balaban J connectivity index is 1.73. The van der Waals surface area contributed by atoms with Gasteiger partial charge in [-0.2, -0.15) is 0 Å². The summed E-state index contributed by atoms with van der Waals surface area (Å²) in [5.74, 6) is 0.0902. The summed E-state index contributed by atoms with van der Waals surface area (Å²) in [5.41, 5.74) is 1.55. The third-order valence-electron chi connectivity index (χ3n) is 3.59. The van der Waals surface area contributed by atoms with Crippen LogP contribution in [0.25, 0.3) is 11.0 Å². The molecule has 8 nitrogen and oxygen atoms in total. The molecule has 1 atom stereocenters. The maximum absolute atomic E-state index is 12.1.